The molecule has 0 aromatic carbocycles. The molecule has 0 bridgehead atoms. The van der Waals surface area contributed by atoms with Crippen molar-refractivity contribution in [2.75, 3.05) is 0 Å². The van der Waals surface area contributed by atoms with Gasteiger partial charge in [-0.05, 0) is 41.5 Å². The van der Waals surface area contributed by atoms with Gasteiger partial charge in [0.15, 0.2) is 11.6 Å². The van der Waals surface area contributed by atoms with Crippen LogP contribution in [0.5, 0.6) is 0 Å². The fraction of sp³-hybridized carbons (Fsp3) is 0.714. The first-order valence-electron chi connectivity index (χ1n) is 7.51. The first-order chi connectivity index (χ1) is 11.0. The molecule has 0 aliphatic carbocycles. The highest BCUT2D eigenvalue weighted by Gasteiger charge is 2.16. The van der Waals surface area contributed by atoms with Crippen LogP contribution in [0.1, 0.15) is 41.5 Å². The Kier molecular flexibility index (Phi) is 14.1. The van der Waals surface area contributed by atoms with Crippen LogP contribution in [0.3, 0.4) is 0 Å². The Morgan fingerprint density at radius 2 is 0.875 bits per heavy atom. The van der Waals surface area contributed by atoms with Crippen molar-refractivity contribution in [1.29, 1.82) is 0 Å². The second-order valence-electron chi connectivity index (χ2n) is 5.46. The van der Waals surface area contributed by atoms with E-state index in [1.54, 1.807) is 27.7 Å². The van der Waals surface area contributed by atoms with Crippen molar-refractivity contribution >= 4 is 42.2 Å². The van der Waals surface area contributed by atoms with E-state index < -0.39 is 12.1 Å². The second kappa shape index (κ2) is 13.4. The normalized spacial score (nSPS) is 15.0. The molecular formula is C14H30N4O4P2. The van der Waals surface area contributed by atoms with Crippen LogP contribution in [0.4, 0.5) is 0 Å². The van der Waals surface area contributed by atoms with Gasteiger partial charge in [0.2, 0.25) is 11.8 Å². The summed E-state index contributed by atoms with van der Waals surface area (Å²) in [5.41, 5.74) is 0. The number of nitrogens with one attached hydrogen (secondary N) is 4. The lowest BCUT2D eigenvalue weighted by Crippen LogP contribution is -2.45. The maximum absolute atomic E-state index is 11.1. The van der Waals surface area contributed by atoms with Crippen LogP contribution in [0.25, 0.3) is 0 Å². The van der Waals surface area contributed by atoms with Gasteiger partial charge in [-0.2, -0.15) is 0 Å². The van der Waals surface area contributed by atoms with Gasteiger partial charge in [-0.1, -0.05) is 18.8 Å². The molecule has 0 saturated carbocycles. The Morgan fingerprint density at radius 1 is 0.625 bits per heavy atom. The smallest absolute Gasteiger partial charge is 0.237 e. The Morgan fingerprint density at radius 3 is 1.04 bits per heavy atom. The van der Waals surface area contributed by atoms with Crippen molar-refractivity contribution in [3.8, 4) is 0 Å². The molecule has 0 saturated heterocycles. The number of carbonyl (C=O) groups excluding carboxylic acids is 4. The summed E-state index contributed by atoms with van der Waals surface area (Å²) >= 11 is 0. The van der Waals surface area contributed by atoms with Crippen LogP contribution >= 0.6 is 18.8 Å². The lowest BCUT2D eigenvalue weighted by atomic mass is 10.2. The number of rotatable bonds is 8. The molecule has 8 nitrogen and oxygen atoms in total. The van der Waals surface area contributed by atoms with E-state index in [0.717, 1.165) is 0 Å². The van der Waals surface area contributed by atoms with E-state index in [4.69, 9.17) is 0 Å². The van der Waals surface area contributed by atoms with Crippen molar-refractivity contribution in [3.63, 3.8) is 0 Å². The van der Waals surface area contributed by atoms with E-state index in [0.29, 0.717) is 0 Å². The summed E-state index contributed by atoms with van der Waals surface area (Å²) in [6.07, 6.45) is 0. The molecule has 0 rings (SSSR count). The number of ketones is 2. The Labute approximate surface area is 148 Å². The van der Waals surface area contributed by atoms with Crippen molar-refractivity contribution < 1.29 is 19.2 Å². The highest BCUT2D eigenvalue weighted by Crippen LogP contribution is 1.90. The van der Waals surface area contributed by atoms with Crippen LogP contribution in [0.15, 0.2) is 0 Å². The average Bonchev–Trinajstić information content (AvgIpc) is 2.53. The summed E-state index contributed by atoms with van der Waals surface area (Å²) in [6, 6.07) is -1.40. The fourth-order valence-electron chi connectivity index (χ4n) is 1.03. The molecule has 4 N–H and O–H groups in total. The first-order valence-corrected chi connectivity index (χ1v) is 8.67. The van der Waals surface area contributed by atoms with E-state index >= 15 is 0 Å². The van der Waals surface area contributed by atoms with Gasteiger partial charge in [0.05, 0.1) is 24.2 Å². The summed E-state index contributed by atoms with van der Waals surface area (Å²) in [5.74, 6) is -0.431. The molecule has 6 unspecified atom stereocenters. The number of hydrogen-bond acceptors (Lipinski definition) is 6. The standard InChI is InChI=1S/2C7H15N2O2P/c2*1-4(6(3)10)8-7(11)5(2)9-12/h2*4-5,9H,12H2,1-3H3,(H,8,11). The van der Waals surface area contributed by atoms with Crippen LogP contribution in [0, 0.1) is 0 Å². The van der Waals surface area contributed by atoms with Crippen LogP contribution < -0.4 is 20.8 Å². The zero-order chi connectivity index (χ0) is 19.4. The van der Waals surface area contributed by atoms with E-state index in [2.05, 4.69) is 39.6 Å². The number of carbonyl (C=O) groups is 4. The molecule has 0 aromatic rings. The molecule has 0 aliphatic heterocycles. The monoisotopic (exact) mass is 380 g/mol. The molecular weight excluding hydrogens is 350 g/mol. The van der Waals surface area contributed by atoms with Gasteiger partial charge in [0.1, 0.15) is 0 Å². The molecule has 0 aromatic heterocycles. The van der Waals surface area contributed by atoms with Gasteiger partial charge in [0, 0.05) is 0 Å². The molecule has 6 atom stereocenters. The van der Waals surface area contributed by atoms with Crippen molar-refractivity contribution in [2.45, 2.75) is 65.7 Å². The van der Waals surface area contributed by atoms with Gasteiger partial charge >= 0.3 is 0 Å². The van der Waals surface area contributed by atoms with Crippen LogP contribution in [0.2, 0.25) is 0 Å². The third-order valence-electron chi connectivity index (χ3n) is 3.22. The maximum Gasteiger partial charge on any atom is 0.237 e. The molecule has 24 heavy (non-hydrogen) atoms. The van der Waals surface area contributed by atoms with Crippen LogP contribution in [-0.4, -0.2) is 47.5 Å². The summed E-state index contributed by atoms with van der Waals surface area (Å²) in [4.78, 5) is 43.8. The van der Waals surface area contributed by atoms with E-state index in [9.17, 15) is 19.2 Å². The predicted molar refractivity (Wildman–Crippen MR) is 101 cm³/mol. The number of amides is 2. The van der Waals surface area contributed by atoms with Crippen molar-refractivity contribution in [2.24, 2.45) is 0 Å². The molecule has 0 aliphatic rings. The lowest BCUT2D eigenvalue weighted by Gasteiger charge is -2.14. The summed E-state index contributed by atoms with van der Waals surface area (Å²) in [6.45, 7) is 9.66. The van der Waals surface area contributed by atoms with Gasteiger partial charge in [-0.25, -0.2) is 0 Å². The van der Waals surface area contributed by atoms with Gasteiger partial charge in [-0.3, -0.25) is 29.4 Å². The molecule has 0 fully saturated rings. The first kappa shape index (κ1) is 25.3. The van der Waals surface area contributed by atoms with Crippen LogP contribution in [-0.2, 0) is 19.2 Å². The maximum atomic E-state index is 11.1. The summed E-state index contributed by atoms with van der Waals surface area (Å²) < 4.78 is 0. The molecule has 0 radical (unpaired) electrons. The predicted octanol–water partition coefficient (Wildman–Crippen LogP) is -0.303. The third-order valence-corrected chi connectivity index (χ3v) is 4.22. The van der Waals surface area contributed by atoms with Gasteiger partial charge in [-0.15, -0.1) is 0 Å². The third kappa shape index (κ3) is 11.6. The van der Waals surface area contributed by atoms with Gasteiger partial charge in [0.25, 0.3) is 0 Å². The topological polar surface area (TPSA) is 116 Å². The largest absolute Gasteiger partial charge is 0.345 e. The molecule has 0 heterocycles. The number of hydrogen-bond donors (Lipinski definition) is 4. The Hall–Kier alpha value is -0.940. The zero-order valence-electron chi connectivity index (χ0n) is 15.1. The fourth-order valence-corrected chi connectivity index (χ4v) is 1.33. The Bertz CT molecular complexity index is 408. The summed E-state index contributed by atoms with van der Waals surface area (Å²) in [5, 5.41) is 10.5. The summed E-state index contributed by atoms with van der Waals surface area (Å²) in [7, 11) is 4.50. The SMILES string of the molecule is CC(=O)C(C)NC(=O)C(C)NP.CC(=O)C(C)NC(=O)C(C)NP. The average molecular weight is 380 g/mol. The van der Waals surface area contributed by atoms with Gasteiger partial charge < -0.3 is 10.6 Å². The highest BCUT2D eigenvalue weighted by atomic mass is 31.0. The second-order valence-corrected chi connectivity index (χ2v) is 6.13. The minimum Gasteiger partial charge on any atom is -0.345 e. The molecule has 0 spiro atoms. The minimum atomic E-state index is -0.404. The van der Waals surface area contributed by atoms with E-state index in [1.165, 1.54) is 13.8 Å². The Balaban J connectivity index is 0. The van der Waals surface area contributed by atoms with E-state index in [-0.39, 0.29) is 35.5 Å². The van der Waals surface area contributed by atoms with Crippen molar-refractivity contribution in [3.05, 3.63) is 0 Å². The lowest BCUT2D eigenvalue weighted by molar-refractivity contribution is -0.127. The minimum absolute atomic E-state index is 0.0423. The molecule has 140 valence electrons. The number of Topliss-reactive ketones (excluding diaryl/α,β-unsaturated/α-hetero) is 2. The van der Waals surface area contributed by atoms with Crippen molar-refractivity contribution in [1.82, 2.24) is 20.8 Å². The molecule has 10 heteroatoms. The zero-order valence-corrected chi connectivity index (χ0v) is 17.4. The quantitative estimate of drug-likeness (QED) is 0.430. The van der Waals surface area contributed by atoms with E-state index in [1.807, 2.05) is 0 Å². The highest BCUT2D eigenvalue weighted by molar-refractivity contribution is 7.14. The molecule has 2 amide bonds.